The van der Waals surface area contributed by atoms with Gasteiger partial charge in [0.25, 0.3) is 0 Å². The highest BCUT2D eigenvalue weighted by Gasteiger charge is 2.29. The van der Waals surface area contributed by atoms with Crippen molar-refractivity contribution in [2.24, 2.45) is 4.99 Å². The molecule has 0 amide bonds. The molecule has 1 aromatic carbocycles. The van der Waals surface area contributed by atoms with Crippen LogP contribution in [0.3, 0.4) is 0 Å². The minimum Gasteiger partial charge on any atom is -0.393 e. The summed E-state index contributed by atoms with van der Waals surface area (Å²) < 4.78 is 0.336. The number of halogens is 1. The molecule has 5 nitrogen and oxygen atoms in total. The summed E-state index contributed by atoms with van der Waals surface area (Å²) in [6.45, 7) is 9.93. The highest BCUT2D eigenvalue weighted by molar-refractivity contribution is 14.0. The fourth-order valence-electron chi connectivity index (χ4n) is 3.84. The van der Waals surface area contributed by atoms with Gasteiger partial charge in [0, 0.05) is 37.5 Å². The van der Waals surface area contributed by atoms with E-state index in [2.05, 4.69) is 65.4 Å². The summed E-state index contributed by atoms with van der Waals surface area (Å²) >= 11 is 2.07. The van der Waals surface area contributed by atoms with Crippen LogP contribution in [-0.4, -0.2) is 58.7 Å². The quantitative estimate of drug-likeness (QED) is 0.285. The third-order valence-electron chi connectivity index (χ3n) is 5.68. The van der Waals surface area contributed by atoms with Crippen molar-refractivity contribution in [2.75, 3.05) is 31.9 Å². The van der Waals surface area contributed by atoms with E-state index in [9.17, 15) is 5.11 Å². The van der Waals surface area contributed by atoms with E-state index in [0.717, 1.165) is 51.5 Å². The molecular weight excluding hydrogens is 495 g/mol. The summed E-state index contributed by atoms with van der Waals surface area (Å²) in [6.07, 6.45) is 4.28. The van der Waals surface area contributed by atoms with Gasteiger partial charge in [-0.3, -0.25) is 4.90 Å². The highest BCUT2D eigenvalue weighted by atomic mass is 127. The van der Waals surface area contributed by atoms with Crippen LogP contribution < -0.4 is 10.6 Å². The summed E-state index contributed by atoms with van der Waals surface area (Å²) in [5, 5.41) is 16.5. The van der Waals surface area contributed by atoms with Gasteiger partial charge >= 0.3 is 0 Å². The van der Waals surface area contributed by atoms with Crippen molar-refractivity contribution < 1.29 is 5.11 Å². The number of aliphatic hydroxyl groups is 1. The molecule has 2 heterocycles. The Labute approximate surface area is 197 Å². The normalized spacial score (nSPS) is 23.6. The largest absolute Gasteiger partial charge is 0.393 e. The van der Waals surface area contributed by atoms with Crippen LogP contribution in [-0.2, 0) is 13.1 Å². The standard InChI is InChI=1S/C22H36N4OS.HI/c1-3-23-21(25-17-22(2)11-4-14-28-22)24-15-18-5-7-19(8-6-18)16-26-12-9-20(27)10-13-26;/h5-8,20,27H,3-4,9-17H2,1-2H3,(H2,23,24,25);1H. The number of nitrogens with zero attached hydrogens (tertiary/aromatic N) is 2. The van der Waals surface area contributed by atoms with E-state index in [0.29, 0.717) is 11.3 Å². The molecule has 1 atom stereocenters. The molecule has 0 aliphatic carbocycles. The molecular formula is C22H37IN4OS. The first-order chi connectivity index (χ1) is 13.6. The number of aliphatic imine (C=N–C) groups is 1. The van der Waals surface area contributed by atoms with E-state index in [1.54, 1.807) is 0 Å². The topological polar surface area (TPSA) is 59.9 Å². The van der Waals surface area contributed by atoms with Gasteiger partial charge in [-0.2, -0.15) is 11.8 Å². The Balaban J connectivity index is 0.00000300. The molecule has 2 aliphatic rings. The zero-order chi connectivity index (χ0) is 19.8. The molecule has 0 aromatic heterocycles. The first kappa shape index (κ1) is 24.8. The van der Waals surface area contributed by atoms with Gasteiger partial charge in [-0.1, -0.05) is 24.3 Å². The fourth-order valence-corrected chi connectivity index (χ4v) is 5.09. The molecule has 0 saturated carbocycles. The molecule has 0 spiro atoms. The van der Waals surface area contributed by atoms with Gasteiger partial charge in [-0.05, 0) is 56.4 Å². The van der Waals surface area contributed by atoms with Crippen molar-refractivity contribution in [1.82, 2.24) is 15.5 Å². The maximum Gasteiger partial charge on any atom is 0.191 e. The minimum atomic E-state index is -0.106. The second kappa shape index (κ2) is 12.4. The van der Waals surface area contributed by atoms with Crippen molar-refractivity contribution in [3.8, 4) is 0 Å². The lowest BCUT2D eigenvalue weighted by Crippen LogP contribution is -2.43. The number of guanidine groups is 1. The SMILES string of the molecule is CCNC(=NCc1ccc(CN2CCC(O)CC2)cc1)NCC1(C)CCCS1.I. The lowest BCUT2D eigenvalue weighted by molar-refractivity contribution is 0.0792. The predicted molar refractivity (Wildman–Crippen MR) is 135 cm³/mol. The number of thioether (sulfide) groups is 1. The second-order valence-electron chi connectivity index (χ2n) is 8.27. The van der Waals surface area contributed by atoms with Gasteiger partial charge in [-0.15, -0.1) is 24.0 Å². The molecule has 2 fully saturated rings. The Bertz CT molecular complexity index is 626. The number of rotatable bonds is 7. The first-order valence-electron chi connectivity index (χ1n) is 10.7. The second-order valence-corrected chi connectivity index (χ2v) is 9.96. The van der Waals surface area contributed by atoms with E-state index < -0.39 is 0 Å². The zero-order valence-electron chi connectivity index (χ0n) is 17.8. The van der Waals surface area contributed by atoms with Crippen LogP contribution in [0.25, 0.3) is 0 Å². The van der Waals surface area contributed by atoms with E-state index in [1.807, 2.05) is 0 Å². The van der Waals surface area contributed by atoms with E-state index in [1.165, 1.54) is 29.7 Å². The molecule has 3 N–H and O–H groups in total. The van der Waals surface area contributed by atoms with E-state index in [4.69, 9.17) is 4.99 Å². The van der Waals surface area contributed by atoms with Crippen LogP contribution in [0.15, 0.2) is 29.3 Å². The van der Waals surface area contributed by atoms with Crippen molar-refractivity contribution >= 4 is 41.7 Å². The zero-order valence-corrected chi connectivity index (χ0v) is 21.0. The lowest BCUT2D eigenvalue weighted by atomic mass is 10.1. The van der Waals surface area contributed by atoms with Crippen molar-refractivity contribution in [2.45, 2.75) is 63.5 Å². The Morgan fingerprint density at radius 2 is 1.90 bits per heavy atom. The molecule has 164 valence electrons. The number of aliphatic hydroxyl groups excluding tert-OH is 1. The van der Waals surface area contributed by atoms with Crippen molar-refractivity contribution in [3.63, 3.8) is 0 Å². The van der Waals surface area contributed by atoms with Crippen molar-refractivity contribution in [1.29, 1.82) is 0 Å². The average molecular weight is 533 g/mol. The van der Waals surface area contributed by atoms with Gasteiger partial charge in [0.2, 0.25) is 0 Å². The summed E-state index contributed by atoms with van der Waals surface area (Å²) in [5.74, 6) is 2.18. The average Bonchev–Trinajstić information content (AvgIpc) is 3.14. The van der Waals surface area contributed by atoms with Crippen LogP contribution in [0.2, 0.25) is 0 Å². The third kappa shape index (κ3) is 8.26. The molecule has 0 bridgehead atoms. The highest BCUT2D eigenvalue weighted by Crippen LogP contribution is 2.36. The molecule has 2 aliphatic heterocycles. The number of likely N-dealkylation sites (tertiary alicyclic amines) is 1. The van der Waals surface area contributed by atoms with Gasteiger partial charge in [0.1, 0.15) is 0 Å². The van der Waals surface area contributed by atoms with Crippen LogP contribution in [0, 0.1) is 0 Å². The summed E-state index contributed by atoms with van der Waals surface area (Å²) in [7, 11) is 0. The number of hydrogen-bond acceptors (Lipinski definition) is 4. The molecule has 0 radical (unpaired) electrons. The van der Waals surface area contributed by atoms with Gasteiger partial charge in [0.15, 0.2) is 5.96 Å². The Morgan fingerprint density at radius 1 is 1.21 bits per heavy atom. The van der Waals surface area contributed by atoms with E-state index >= 15 is 0 Å². The Hall–Kier alpha value is -0.510. The van der Waals surface area contributed by atoms with E-state index in [-0.39, 0.29) is 30.1 Å². The smallest absolute Gasteiger partial charge is 0.191 e. The fraction of sp³-hybridized carbons (Fsp3) is 0.682. The third-order valence-corrected chi connectivity index (χ3v) is 7.22. The maximum absolute atomic E-state index is 9.63. The van der Waals surface area contributed by atoms with Gasteiger partial charge < -0.3 is 15.7 Å². The predicted octanol–water partition coefficient (Wildman–Crippen LogP) is 3.60. The van der Waals surface area contributed by atoms with Crippen LogP contribution in [0.4, 0.5) is 0 Å². The minimum absolute atomic E-state index is 0. The van der Waals surface area contributed by atoms with Crippen LogP contribution in [0.5, 0.6) is 0 Å². The summed E-state index contributed by atoms with van der Waals surface area (Å²) in [5.41, 5.74) is 2.57. The molecule has 3 rings (SSSR count). The molecule has 1 aromatic rings. The Kier molecular flexibility index (Phi) is 10.6. The lowest BCUT2D eigenvalue weighted by Gasteiger charge is -2.29. The first-order valence-corrected chi connectivity index (χ1v) is 11.7. The van der Waals surface area contributed by atoms with Crippen molar-refractivity contribution in [3.05, 3.63) is 35.4 Å². The van der Waals surface area contributed by atoms with Gasteiger partial charge in [-0.25, -0.2) is 4.99 Å². The Morgan fingerprint density at radius 3 is 2.52 bits per heavy atom. The number of nitrogens with one attached hydrogen (secondary N) is 2. The number of benzene rings is 1. The molecule has 2 saturated heterocycles. The number of hydrogen-bond donors (Lipinski definition) is 3. The number of piperidine rings is 1. The van der Waals surface area contributed by atoms with Crippen LogP contribution >= 0.6 is 35.7 Å². The molecule has 1 unspecified atom stereocenters. The molecule has 7 heteroatoms. The van der Waals surface area contributed by atoms with Gasteiger partial charge in [0.05, 0.1) is 12.6 Å². The maximum atomic E-state index is 9.63. The van der Waals surface area contributed by atoms with Crippen LogP contribution in [0.1, 0.15) is 50.7 Å². The summed E-state index contributed by atoms with van der Waals surface area (Å²) in [4.78, 5) is 7.20. The molecule has 29 heavy (non-hydrogen) atoms. The monoisotopic (exact) mass is 532 g/mol. The summed E-state index contributed by atoms with van der Waals surface area (Å²) in [6, 6.07) is 8.81.